The van der Waals surface area contributed by atoms with Crippen molar-refractivity contribution in [2.24, 2.45) is 0 Å². The summed E-state index contributed by atoms with van der Waals surface area (Å²) in [5.41, 5.74) is 0. The van der Waals surface area contributed by atoms with E-state index in [9.17, 15) is 14.7 Å². The molecule has 0 aromatic rings. The molecule has 2 amide bonds. The van der Waals surface area contributed by atoms with Gasteiger partial charge in [0.25, 0.3) is 0 Å². The molecule has 0 spiro atoms. The Morgan fingerprint density at radius 2 is 1.95 bits per heavy atom. The predicted octanol–water partition coefficient (Wildman–Crippen LogP) is 0.634. The first-order valence-electron chi connectivity index (χ1n) is 6.36. The maximum atomic E-state index is 11.8. The fourth-order valence-electron chi connectivity index (χ4n) is 1.90. The first-order chi connectivity index (χ1) is 10.0. The molecule has 0 radical (unpaired) electrons. The predicted molar refractivity (Wildman–Crippen MR) is 75.1 cm³/mol. The van der Waals surface area contributed by atoms with Crippen LogP contribution in [-0.2, 0) is 9.47 Å². The monoisotopic (exact) mass is 297 g/mol. The maximum Gasteiger partial charge on any atom is 0.412 e. The van der Waals surface area contributed by atoms with Crippen molar-refractivity contribution in [2.45, 2.75) is 18.6 Å². The van der Waals surface area contributed by atoms with E-state index in [-0.39, 0.29) is 25.6 Å². The molecule has 8 nitrogen and oxygen atoms in total. The third kappa shape index (κ3) is 4.60. The van der Waals surface area contributed by atoms with E-state index in [0.29, 0.717) is 6.42 Å². The number of nitrogens with one attached hydrogen (secondary N) is 2. The zero-order valence-corrected chi connectivity index (χ0v) is 11.6. The first-order valence-corrected chi connectivity index (χ1v) is 6.36. The molecular weight excluding hydrogens is 278 g/mol. The molecule has 1 rings (SSSR count). The quantitative estimate of drug-likeness (QED) is 0.391. The summed E-state index contributed by atoms with van der Waals surface area (Å²) in [6.07, 6.45) is 0.608. The zero-order chi connectivity index (χ0) is 15.8. The summed E-state index contributed by atoms with van der Waals surface area (Å²) in [7, 11) is 0. The van der Waals surface area contributed by atoms with E-state index in [1.165, 1.54) is 17.1 Å². The molecule has 3 N–H and O–H groups in total. The highest BCUT2D eigenvalue weighted by atomic mass is 16.6. The number of carbonyl (C=O) groups is 2. The Balaban J connectivity index is 2.65. The number of likely N-dealkylation sites (tertiary alicyclic amines) is 1. The van der Waals surface area contributed by atoms with Crippen LogP contribution in [0.5, 0.6) is 0 Å². The standard InChI is InChI=1S/C13H19N3O5/c1-3-7-20-12(18)15-11(14)10-9(17)5-6-16(10)13(19)21-8-4-2/h3-4,9-10,17H,1-2,5-8H2,(H2,14,15,18)/t9-,10?/m1/s1. The van der Waals surface area contributed by atoms with E-state index in [1.54, 1.807) is 0 Å². The molecule has 21 heavy (non-hydrogen) atoms. The number of hydrogen-bond donors (Lipinski definition) is 3. The Bertz CT molecular complexity index is 438. The smallest absolute Gasteiger partial charge is 0.412 e. The van der Waals surface area contributed by atoms with E-state index in [2.05, 4.69) is 23.2 Å². The molecule has 2 atom stereocenters. The molecule has 1 heterocycles. The van der Waals surface area contributed by atoms with Gasteiger partial charge in [-0.2, -0.15) is 0 Å². The van der Waals surface area contributed by atoms with Gasteiger partial charge in [-0.1, -0.05) is 25.3 Å². The Morgan fingerprint density at radius 3 is 2.57 bits per heavy atom. The van der Waals surface area contributed by atoms with Crippen LogP contribution in [0.2, 0.25) is 0 Å². The van der Waals surface area contributed by atoms with Crippen LogP contribution in [-0.4, -0.2) is 59.9 Å². The number of amides is 2. The van der Waals surface area contributed by atoms with Crippen LogP contribution in [0, 0.1) is 5.41 Å². The summed E-state index contributed by atoms with van der Waals surface area (Å²) in [5, 5.41) is 19.9. The number of hydrogen-bond acceptors (Lipinski definition) is 6. The summed E-state index contributed by atoms with van der Waals surface area (Å²) < 4.78 is 9.56. The fraction of sp³-hybridized carbons (Fsp3) is 0.462. The lowest BCUT2D eigenvalue weighted by molar-refractivity contribution is 0.0987. The second-order valence-electron chi connectivity index (χ2n) is 4.29. The van der Waals surface area contributed by atoms with Gasteiger partial charge < -0.3 is 14.6 Å². The molecular formula is C13H19N3O5. The Kier molecular flexibility index (Phi) is 6.41. The number of rotatable bonds is 5. The second kappa shape index (κ2) is 8.05. The van der Waals surface area contributed by atoms with Crippen molar-refractivity contribution in [1.82, 2.24) is 10.2 Å². The van der Waals surface area contributed by atoms with Crippen molar-refractivity contribution in [3.05, 3.63) is 25.3 Å². The first kappa shape index (κ1) is 16.7. The number of aliphatic hydroxyl groups is 1. The van der Waals surface area contributed by atoms with Crippen LogP contribution >= 0.6 is 0 Å². The molecule has 1 unspecified atom stereocenters. The van der Waals surface area contributed by atoms with Crippen LogP contribution < -0.4 is 5.32 Å². The minimum Gasteiger partial charge on any atom is -0.445 e. The third-order valence-corrected chi connectivity index (χ3v) is 2.79. The van der Waals surface area contributed by atoms with Gasteiger partial charge in [0.1, 0.15) is 25.1 Å². The van der Waals surface area contributed by atoms with E-state index >= 15 is 0 Å². The summed E-state index contributed by atoms with van der Waals surface area (Å²) in [5.74, 6) is -0.329. The average Bonchev–Trinajstić information content (AvgIpc) is 2.84. The topological polar surface area (TPSA) is 112 Å². The zero-order valence-electron chi connectivity index (χ0n) is 11.6. The van der Waals surface area contributed by atoms with Gasteiger partial charge in [0.05, 0.1) is 6.10 Å². The second-order valence-corrected chi connectivity index (χ2v) is 4.29. The summed E-state index contributed by atoms with van der Waals surface area (Å²) in [6.45, 7) is 7.07. The van der Waals surface area contributed by atoms with Crippen LogP contribution in [0.3, 0.4) is 0 Å². The SMILES string of the molecule is C=CCOC(=O)NC(=N)C1[C@H](O)CCN1C(=O)OCC=C. The number of carbonyl (C=O) groups excluding carboxylic acids is 2. The Labute approximate surface area is 122 Å². The number of nitrogens with zero attached hydrogens (tertiary/aromatic N) is 1. The van der Waals surface area contributed by atoms with Crippen molar-refractivity contribution >= 4 is 18.0 Å². The maximum absolute atomic E-state index is 11.8. The highest BCUT2D eigenvalue weighted by Crippen LogP contribution is 2.19. The largest absolute Gasteiger partial charge is 0.445 e. The van der Waals surface area contributed by atoms with Crippen LogP contribution in [0.4, 0.5) is 9.59 Å². The van der Waals surface area contributed by atoms with Gasteiger partial charge >= 0.3 is 12.2 Å². The Morgan fingerprint density at radius 1 is 1.33 bits per heavy atom. The van der Waals surface area contributed by atoms with Crippen LogP contribution in [0.25, 0.3) is 0 Å². The number of ether oxygens (including phenoxy) is 2. The molecule has 8 heteroatoms. The minimum atomic E-state index is -0.974. The number of aliphatic hydroxyl groups excluding tert-OH is 1. The van der Waals surface area contributed by atoms with Crippen molar-refractivity contribution in [3.63, 3.8) is 0 Å². The van der Waals surface area contributed by atoms with E-state index in [0.717, 1.165) is 0 Å². The third-order valence-electron chi connectivity index (χ3n) is 2.79. The van der Waals surface area contributed by atoms with Gasteiger partial charge in [-0.25, -0.2) is 9.59 Å². The number of amidine groups is 1. The summed E-state index contributed by atoms with van der Waals surface area (Å²) in [4.78, 5) is 24.4. The summed E-state index contributed by atoms with van der Waals surface area (Å²) in [6, 6.07) is -0.974. The highest BCUT2D eigenvalue weighted by molar-refractivity contribution is 5.98. The van der Waals surface area contributed by atoms with Gasteiger partial charge in [0, 0.05) is 6.54 Å². The molecule has 0 saturated carbocycles. The molecule has 1 aliphatic heterocycles. The minimum absolute atomic E-state index is 0.00256. The Hall–Kier alpha value is -2.35. The van der Waals surface area contributed by atoms with Crippen molar-refractivity contribution < 1.29 is 24.2 Å². The molecule has 0 aliphatic carbocycles. The molecule has 1 aliphatic rings. The van der Waals surface area contributed by atoms with E-state index in [1.807, 2.05) is 0 Å². The van der Waals surface area contributed by atoms with Gasteiger partial charge in [0.15, 0.2) is 0 Å². The van der Waals surface area contributed by atoms with Gasteiger partial charge in [-0.15, -0.1) is 0 Å². The molecule has 0 aromatic carbocycles. The summed E-state index contributed by atoms with van der Waals surface area (Å²) >= 11 is 0. The lowest BCUT2D eigenvalue weighted by atomic mass is 10.1. The van der Waals surface area contributed by atoms with Crippen molar-refractivity contribution in [1.29, 1.82) is 5.41 Å². The fourth-order valence-corrected chi connectivity index (χ4v) is 1.90. The average molecular weight is 297 g/mol. The van der Waals surface area contributed by atoms with E-state index in [4.69, 9.17) is 10.1 Å². The number of alkyl carbamates (subject to hydrolysis) is 1. The molecule has 1 saturated heterocycles. The van der Waals surface area contributed by atoms with Gasteiger partial charge in [-0.3, -0.25) is 15.6 Å². The van der Waals surface area contributed by atoms with Gasteiger partial charge in [0.2, 0.25) is 0 Å². The lowest BCUT2D eigenvalue weighted by Crippen LogP contribution is -2.51. The molecule has 0 bridgehead atoms. The lowest BCUT2D eigenvalue weighted by Gasteiger charge is -2.25. The molecule has 0 aromatic heterocycles. The van der Waals surface area contributed by atoms with Gasteiger partial charge in [-0.05, 0) is 6.42 Å². The normalized spacial score (nSPS) is 20.5. The van der Waals surface area contributed by atoms with Crippen molar-refractivity contribution in [3.8, 4) is 0 Å². The van der Waals surface area contributed by atoms with Crippen LogP contribution in [0.1, 0.15) is 6.42 Å². The molecule has 1 fully saturated rings. The molecule has 116 valence electrons. The van der Waals surface area contributed by atoms with Crippen LogP contribution in [0.15, 0.2) is 25.3 Å². The highest BCUT2D eigenvalue weighted by Gasteiger charge is 2.40. The van der Waals surface area contributed by atoms with Crippen molar-refractivity contribution in [2.75, 3.05) is 19.8 Å². The van der Waals surface area contributed by atoms with E-state index < -0.39 is 24.3 Å².